The molecule has 0 fully saturated rings. The average Bonchev–Trinajstić information content (AvgIpc) is 2.74. The van der Waals surface area contributed by atoms with Crippen molar-refractivity contribution in [2.24, 2.45) is 0 Å². The van der Waals surface area contributed by atoms with E-state index in [0.29, 0.717) is 6.61 Å². The number of carbonyl (C=O) groups is 1. The Morgan fingerprint density at radius 2 is 1.95 bits per heavy atom. The van der Waals surface area contributed by atoms with Crippen LogP contribution in [0.5, 0.6) is 5.75 Å². The zero-order valence-corrected chi connectivity index (χ0v) is 12.1. The zero-order chi connectivity index (χ0) is 14.3. The summed E-state index contributed by atoms with van der Waals surface area (Å²) in [5.41, 5.74) is 5.19. The molecule has 1 heterocycles. The fourth-order valence-electron chi connectivity index (χ4n) is 2.71. The van der Waals surface area contributed by atoms with Gasteiger partial charge in [-0.3, -0.25) is 4.79 Å². The van der Waals surface area contributed by atoms with Crippen LogP contribution in [0.3, 0.4) is 0 Å². The van der Waals surface area contributed by atoms with Gasteiger partial charge in [0.25, 0.3) is 0 Å². The monoisotopic (exact) mass is 266 g/mol. The lowest BCUT2D eigenvalue weighted by molar-refractivity contribution is 0.112. The van der Waals surface area contributed by atoms with Crippen LogP contribution in [0.1, 0.15) is 35.3 Å². The molecular formula is C18H18O2. The predicted molar refractivity (Wildman–Crippen MR) is 80.5 cm³/mol. The normalized spacial score (nSPS) is 15.6. The maximum Gasteiger partial charge on any atom is 0.150 e. The average molecular weight is 266 g/mol. The first kappa shape index (κ1) is 12.9. The number of benzene rings is 2. The van der Waals surface area contributed by atoms with Crippen LogP contribution in [0.15, 0.2) is 36.4 Å². The van der Waals surface area contributed by atoms with Crippen molar-refractivity contribution in [1.29, 1.82) is 0 Å². The second kappa shape index (κ2) is 4.48. The number of hydrogen-bond acceptors (Lipinski definition) is 2. The number of rotatable bonds is 2. The molecule has 0 bridgehead atoms. The second-order valence-electron chi connectivity index (χ2n) is 6.09. The van der Waals surface area contributed by atoms with E-state index < -0.39 is 0 Å². The molecular weight excluding hydrogens is 248 g/mol. The zero-order valence-electron chi connectivity index (χ0n) is 12.1. The van der Waals surface area contributed by atoms with Crippen LogP contribution in [0.25, 0.3) is 11.1 Å². The van der Waals surface area contributed by atoms with Gasteiger partial charge in [-0.1, -0.05) is 43.7 Å². The summed E-state index contributed by atoms with van der Waals surface area (Å²) >= 11 is 0. The Kier molecular flexibility index (Phi) is 2.89. The SMILES string of the molecule is Cc1ccc(C=O)c(-c2ccc3c(c2)C(C)(C)CO3)c1. The minimum atomic E-state index is 0.0243. The maximum atomic E-state index is 11.2. The second-order valence-corrected chi connectivity index (χ2v) is 6.09. The molecule has 0 N–H and O–H groups in total. The first-order valence-electron chi connectivity index (χ1n) is 6.85. The van der Waals surface area contributed by atoms with Crippen molar-refractivity contribution in [3.63, 3.8) is 0 Å². The lowest BCUT2D eigenvalue weighted by Gasteiger charge is -2.16. The van der Waals surface area contributed by atoms with Crippen molar-refractivity contribution in [3.05, 3.63) is 53.1 Å². The Morgan fingerprint density at radius 1 is 1.15 bits per heavy atom. The van der Waals surface area contributed by atoms with E-state index in [-0.39, 0.29) is 5.41 Å². The van der Waals surface area contributed by atoms with E-state index in [9.17, 15) is 4.79 Å². The van der Waals surface area contributed by atoms with Gasteiger partial charge in [0, 0.05) is 16.5 Å². The molecule has 102 valence electrons. The van der Waals surface area contributed by atoms with Crippen molar-refractivity contribution in [1.82, 2.24) is 0 Å². The standard InChI is InChI=1S/C18H18O2/c1-12-4-5-14(10-19)15(8-12)13-6-7-17-16(9-13)18(2,3)11-20-17/h4-10H,11H2,1-3H3. The van der Waals surface area contributed by atoms with E-state index >= 15 is 0 Å². The molecule has 1 aliphatic rings. The van der Waals surface area contributed by atoms with E-state index in [1.54, 1.807) is 0 Å². The molecule has 0 unspecified atom stereocenters. The highest BCUT2D eigenvalue weighted by Gasteiger charge is 2.31. The molecule has 0 saturated heterocycles. The number of carbonyl (C=O) groups excluding carboxylic acids is 1. The Morgan fingerprint density at radius 3 is 2.70 bits per heavy atom. The molecule has 2 aromatic rings. The minimum Gasteiger partial charge on any atom is -0.492 e. The van der Waals surface area contributed by atoms with Gasteiger partial charge in [0.15, 0.2) is 6.29 Å². The quantitative estimate of drug-likeness (QED) is 0.763. The Balaban J connectivity index is 2.17. The molecule has 2 aromatic carbocycles. The summed E-state index contributed by atoms with van der Waals surface area (Å²) in [4.78, 5) is 11.2. The summed E-state index contributed by atoms with van der Waals surface area (Å²) < 4.78 is 5.72. The number of aryl methyl sites for hydroxylation is 1. The van der Waals surface area contributed by atoms with Crippen molar-refractivity contribution in [2.45, 2.75) is 26.2 Å². The van der Waals surface area contributed by atoms with Crippen LogP contribution < -0.4 is 4.74 Å². The van der Waals surface area contributed by atoms with Gasteiger partial charge >= 0.3 is 0 Å². The fourth-order valence-corrected chi connectivity index (χ4v) is 2.71. The third-order valence-corrected chi connectivity index (χ3v) is 3.94. The van der Waals surface area contributed by atoms with Crippen LogP contribution in [-0.4, -0.2) is 12.9 Å². The molecule has 0 atom stereocenters. The van der Waals surface area contributed by atoms with E-state index in [1.165, 1.54) is 5.56 Å². The molecule has 0 saturated carbocycles. The third kappa shape index (κ3) is 2.01. The van der Waals surface area contributed by atoms with Crippen LogP contribution >= 0.6 is 0 Å². The van der Waals surface area contributed by atoms with Gasteiger partial charge < -0.3 is 4.74 Å². The van der Waals surface area contributed by atoms with Gasteiger partial charge in [-0.05, 0) is 30.2 Å². The molecule has 0 aromatic heterocycles. The Bertz CT molecular complexity index is 684. The fraction of sp³-hybridized carbons (Fsp3) is 0.278. The summed E-state index contributed by atoms with van der Waals surface area (Å²) in [6, 6.07) is 12.1. The van der Waals surface area contributed by atoms with Crippen LogP contribution in [0.2, 0.25) is 0 Å². The highest BCUT2D eigenvalue weighted by molar-refractivity contribution is 5.88. The van der Waals surface area contributed by atoms with Gasteiger partial charge in [0.1, 0.15) is 5.75 Å². The Hall–Kier alpha value is -2.09. The van der Waals surface area contributed by atoms with Gasteiger partial charge in [-0.15, -0.1) is 0 Å². The summed E-state index contributed by atoms with van der Waals surface area (Å²) in [5.74, 6) is 0.957. The first-order valence-corrected chi connectivity index (χ1v) is 6.85. The third-order valence-electron chi connectivity index (χ3n) is 3.94. The first-order chi connectivity index (χ1) is 9.51. The summed E-state index contributed by atoms with van der Waals surface area (Å²) in [6.45, 7) is 7.11. The van der Waals surface area contributed by atoms with Crippen LogP contribution in [0, 0.1) is 6.92 Å². The highest BCUT2D eigenvalue weighted by Crippen LogP contribution is 2.40. The van der Waals surface area contributed by atoms with Gasteiger partial charge in [0.2, 0.25) is 0 Å². The van der Waals surface area contributed by atoms with E-state index in [0.717, 1.165) is 34.3 Å². The number of aldehydes is 1. The summed E-state index contributed by atoms with van der Waals surface area (Å²) in [6.07, 6.45) is 0.920. The van der Waals surface area contributed by atoms with Crippen molar-refractivity contribution in [3.8, 4) is 16.9 Å². The molecule has 0 spiro atoms. The highest BCUT2D eigenvalue weighted by atomic mass is 16.5. The molecule has 2 nitrogen and oxygen atoms in total. The molecule has 2 heteroatoms. The number of hydrogen-bond donors (Lipinski definition) is 0. The number of ether oxygens (including phenoxy) is 1. The van der Waals surface area contributed by atoms with Gasteiger partial charge in [0.05, 0.1) is 6.61 Å². The van der Waals surface area contributed by atoms with Crippen molar-refractivity contribution < 1.29 is 9.53 Å². The lowest BCUT2D eigenvalue weighted by atomic mass is 9.85. The topological polar surface area (TPSA) is 26.3 Å². The molecule has 20 heavy (non-hydrogen) atoms. The minimum absolute atomic E-state index is 0.0243. The van der Waals surface area contributed by atoms with Gasteiger partial charge in [-0.2, -0.15) is 0 Å². The molecule has 0 aliphatic carbocycles. The summed E-state index contributed by atoms with van der Waals surface area (Å²) in [5, 5.41) is 0. The molecule has 3 rings (SSSR count). The van der Waals surface area contributed by atoms with Crippen LogP contribution in [-0.2, 0) is 5.41 Å². The smallest absolute Gasteiger partial charge is 0.150 e. The summed E-state index contributed by atoms with van der Waals surface area (Å²) in [7, 11) is 0. The number of fused-ring (bicyclic) bond motifs is 1. The Labute approximate surface area is 119 Å². The maximum absolute atomic E-state index is 11.2. The van der Waals surface area contributed by atoms with E-state index in [2.05, 4.69) is 26.0 Å². The van der Waals surface area contributed by atoms with Crippen molar-refractivity contribution in [2.75, 3.05) is 6.61 Å². The predicted octanol–water partition coefficient (Wildman–Crippen LogP) is 4.14. The van der Waals surface area contributed by atoms with E-state index in [1.807, 2.05) is 31.2 Å². The molecule has 0 radical (unpaired) electrons. The van der Waals surface area contributed by atoms with E-state index in [4.69, 9.17) is 4.74 Å². The van der Waals surface area contributed by atoms with Gasteiger partial charge in [-0.25, -0.2) is 0 Å². The molecule has 1 aliphatic heterocycles. The van der Waals surface area contributed by atoms with Crippen molar-refractivity contribution >= 4 is 6.29 Å². The molecule has 0 amide bonds. The van der Waals surface area contributed by atoms with Crippen LogP contribution in [0.4, 0.5) is 0 Å². The largest absolute Gasteiger partial charge is 0.492 e. The lowest BCUT2D eigenvalue weighted by Crippen LogP contribution is -2.18.